The van der Waals surface area contributed by atoms with E-state index in [1.54, 1.807) is 25.1 Å². The van der Waals surface area contributed by atoms with Crippen molar-refractivity contribution >= 4 is 11.8 Å². The van der Waals surface area contributed by atoms with Crippen LogP contribution in [0.2, 0.25) is 0 Å². The Balaban J connectivity index is 1.97. The third-order valence-electron chi connectivity index (χ3n) is 4.68. The molecule has 138 valence electrons. The first-order valence-electron chi connectivity index (χ1n) is 8.83. The van der Waals surface area contributed by atoms with E-state index in [4.69, 9.17) is 9.47 Å². The van der Waals surface area contributed by atoms with Gasteiger partial charge in [0.15, 0.2) is 5.78 Å². The molecule has 3 rings (SSSR count). The maximum atomic E-state index is 12.9. The van der Waals surface area contributed by atoms with E-state index in [9.17, 15) is 9.59 Å². The van der Waals surface area contributed by atoms with Crippen LogP contribution >= 0.6 is 0 Å². The highest BCUT2D eigenvalue weighted by Gasteiger charge is 2.28. The van der Waals surface area contributed by atoms with Crippen molar-refractivity contribution in [2.45, 2.75) is 26.2 Å². The molecule has 1 atom stereocenters. The van der Waals surface area contributed by atoms with Crippen LogP contribution in [-0.2, 0) is 14.3 Å². The van der Waals surface area contributed by atoms with Gasteiger partial charge in [-0.1, -0.05) is 60.2 Å². The van der Waals surface area contributed by atoms with E-state index in [0.29, 0.717) is 23.3 Å². The molecule has 0 bridgehead atoms. The van der Waals surface area contributed by atoms with Crippen LogP contribution in [0.5, 0.6) is 0 Å². The molecule has 0 radical (unpaired) electrons. The Bertz CT molecular complexity index is 905. The summed E-state index contributed by atoms with van der Waals surface area (Å²) in [4.78, 5) is 24.9. The number of allylic oxidation sites excluding steroid dienone is 3. The van der Waals surface area contributed by atoms with E-state index in [0.717, 1.165) is 11.1 Å². The molecule has 27 heavy (non-hydrogen) atoms. The van der Waals surface area contributed by atoms with Crippen molar-refractivity contribution in [2.75, 3.05) is 7.11 Å². The highest BCUT2D eigenvalue weighted by molar-refractivity contribution is 6.08. The van der Waals surface area contributed by atoms with Crippen molar-refractivity contribution in [3.8, 4) is 0 Å². The number of methoxy groups -OCH3 is 1. The monoisotopic (exact) mass is 362 g/mol. The molecule has 0 fully saturated rings. The first kappa shape index (κ1) is 18.6. The summed E-state index contributed by atoms with van der Waals surface area (Å²) in [5.41, 5.74) is 3.23. The van der Waals surface area contributed by atoms with Crippen LogP contribution < -0.4 is 0 Å². The largest absolute Gasteiger partial charge is 0.463 e. The summed E-state index contributed by atoms with van der Waals surface area (Å²) in [7, 11) is 1.31. The number of esters is 1. The van der Waals surface area contributed by atoms with Crippen LogP contribution in [0.15, 0.2) is 77.8 Å². The van der Waals surface area contributed by atoms with Gasteiger partial charge in [0.05, 0.1) is 7.11 Å². The quantitative estimate of drug-likeness (QED) is 0.449. The summed E-state index contributed by atoms with van der Waals surface area (Å²) in [5.74, 6) is -0.113. The van der Waals surface area contributed by atoms with Gasteiger partial charge in [-0.2, -0.15) is 0 Å². The lowest BCUT2D eigenvalue weighted by atomic mass is 9.90. The first-order valence-corrected chi connectivity index (χ1v) is 8.83. The molecule has 0 aromatic heterocycles. The first-order chi connectivity index (χ1) is 13.0. The molecular weight excluding hydrogens is 340 g/mol. The van der Waals surface area contributed by atoms with Gasteiger partial charge in [0.25, 0.3) is 0 Å². The number of Topliss-reactive ketones (excluding diaryl/α,β-unsaturated/α-hetero) is 1. The Morgan fingerprint density at radius 1 is 1.04 bits per heavy atom. The van der Waals surface area contributed by atoms with Crippen LogP contribution in [0.1, 0.15) is 40.7 Å². The molecule has 0 saturated carbocycles. The molecule has 0 N–H and O–H groups in total. The SMILES string of the molecule is COC(=O)C1=C[C@@H](c2ccccc2)C/C(=C(\C)C(=O)c2ccc(C)cc2)O1. The maximum absolute atomic E-state index is 12.9. The minimum Gasteiger partial charge on any atom is -0.463 e. The lowest BCUT2D eigenvalue weighted by Crippen LogP contribution is -2.18. The van der Waals surface area contributed by atoms with E-state index < -0.39 is 5.97 Å². The average Bonchev–Trinajstić information content (AvgIpc) is 2.73. The second-order valence-corrected chi connectivity index (χ2v) is 6.59. The number of carbonyl (C=O) groups excluding carboxylic acids is 2. The van der Waals surface area contributed by atoms with E-state index in [1.807, 2.05) is 49.4 Å². The molecule has 0 saturated heterocycles. The third kappa shape index (κ3) is 4.17. The van der Waals surface area contributed by atoms with Crippen molar-refractivity contribution in [3.63, 3.8) is 0 Å². The fourth-order valence-electron chi connectivity index (χ4n) is 3.05. The average molecular weight is 362 g/mol. The second kappa shape index (κ2) is 8.04. The Morgan fingerprint density at radius 3 is 2.33 bits per heavy atom. The number of ether oxygens (including phenoxy) is 2. The number of carbonyl (C=O) groups is 2. The fraction of sp³-hybridized carbons (Fsp3) is 0.217. The zero-order valence-corrected chi connectivity index (χ0v) is 15.7. The zero-order chi connectivity index (χ0) is 19.4. The number of rotatable bonds is 4. The molecule has 0 unspecified atom stereocenters. The highest BCUT2D eigenvalue weighted by Crippen LogP contribution is 2.35. The van der Waals surface area contributed by atoms with Gasteiger partial charge in [-0.25, -0.2) is 4.79 Å². The van der Waals surface area contributed by atoms with Crippen molar-refractivity contribution in [1.82, 2.24) is 0 Å². The minimum atomic E-state index is -0.552. The standard InChI is InChI=1S/C23H22O4/c1-15-9-11-18(12-10-15)22(24)16(2)20-13-19(17-7-5-4-6-8-17)14-21(27-20)23(25)26-3/h4-12,14,19H,13H2,1-3H3/b20-16-/t19-/m0/s1. The van der Waals surface area contributed by atoms with Gasteiger partial charge < -0.3 is 9.47 Å². The lowest BCUT2D eigenvalue weighted by Gasteiger charge is -2.25. The molecule has 1 heterocycles. The van der Waals surface area contributed by atoms with Crippen LogP contribution in [-0.4, -0.2) is 18.9 Å². The number of benzene rings is 2. The van der Waals surface area contributed by atoms with Gasteiger partial charge in [0.2, 0.25) is 5.76 Å². The topological polar surface area (TPSA) is 52.6 Å². The smallest absolute Gasteiger partial charge is 0.373 e. The van der Waals surface area contributed by atoms with Crippen LogP contribution in [0.4, 0.5) is 0 Å². The van der Waals surface area contributed by atoms with Crippen LogP contribution in [0.25, 0.3) is 0 Å². The van der Waals surface area contributed by atoms with Crippen molar-refractivity contribution in [1.29, 1.82) is 0 Å². The Hall–Kier alpha value is -3.14. The van der Waals surface area contributed by atoms with E-state index in [-0.39, 0.29) is 17.5 Å². The Labute approximate surface area is 159 Å². The number of hydrogen-bond acceptors (Lipinski definition) is 4. The van der Waals surface area contributed by atoms with E-state index in [1.165, 1.54) is 7.11 Å². The Morgan fingerprint density at radius 2 is 1.70 bits per heavy atom. The molecular formula is C23H22O4. The summed E-state index contributed by atoms with van der Waals surface area (Å²) in [6, 6.07) is 17.2. The zero-order valence-electron chi connectivity index (χ0n) is 15.7. The van der Waals surface area contributed by atoms with Crippen LogP contribution in [0, 0.1) is 6.92 Å². The summed E-state index contributed by atoms with van der Waals surface area (Å²) in [6.07, 6.45) is 2.27. The predicted octanol–water partition coefficient (Wildman–Crippen LogP) is 4.71. The molecule has 2 aromatic rings. The van der Waals surface area contributed by atoms with Crippen LogP contribution in [0.3, 0.4) is 0 Å². The van der Waals surface area contributed by atoms with E-state index in [2.05, 4.69) is 0 Å². The number of ketones is 1. The number of hydrogen-bond donors (Lipinski definition) is 0. The molecule has 0 amide bonds. The molecule has 0 aliphatic carbocycles. The third-order valence-corrected chi connectivity index (χ3v) is 4.68. The second-order valence-electron chi connectivity index (χ2n) is 6.59. The van der Waals surface area contributed by atoms with Gasteiger partial charge in [-0.3, -0.25) is 4.79 Å². The summed E-state index contributed by atoms with van der Waals surface area (Å²) >= 11 is 0. The highest BCUT2D eigenvalue weighted by atomic mass is 16.6. The summed E-state index contributed by atoms with van der Waals surface area (Å²) in [5, 5.41) is 0. The predicted molar refractivity (Wildman–Crippen MR) is 103 cm³/mol. The van der Waals surface area contributed by atoms with Gasteiger partial charge in [-0.15, -0.1) is 0 Å². The van der Waals surface area contributed by atoms with Gasteiger partial charge in [0, 0.05) is 23.5 Å². The molecule has 4 heteroatoms. The Kier molecular flexibility index (Phi) is 5.55. The van der Waals surface area contributed by atoms with E-state index >= 15 is 0 Å². The summed E-state index contributed by atoms with van der Waals surface area (Å²) in [6.45, 7) is 3.71. The normalized spacial score (nSPS) is 18.2. The van der Waals surface area contributed by atoms with Crippen molar-refractivity contribution < 1.29 is 19.1 Å². The van der Waals surface area contributed by atoms with Gasteiger partial charge in [-0.05, 0) is 25.5 Å². The molecule has 2 aromatic carbocycles. The van der Waals surface area contributed by atoms with Crippen molar-refractivity contribution in [2.24, 2.45) is 0 Å². The number of aryl methyl sites for hydroxylation is 1. The fourth-order valence-corrected chi connectivity index (χ4v) is 3.05. The molecule has 0 spiro atoms. The van der Waals surface area contributed by atoms with Crippen molar-refractivity contribution in [3.05, 3.63) is 94.5 Å². The maximum Gasteiger partial charge on any atom is 0.373 e. The lowest BCUT2D eigenvalue weighted by molar-refractivity contribution is -0.139. The van der Waals surface area contributed by atoms with Gasteiger partial charge >= 0.3 is 5.97 Å². The molecule has 4 nitrogen and oxygen atoms in total. The summed E-state index contributed by atoms with van der Waals surface area (Å²) < 4.78 is 10.6. The van der Waals surface area contributed by atoms with Gasteiger partial charge in [0.1, 0.15) is 5.76 Å². The molecule has 1 aliphatic rings. The molecule has 1 aliphatic heterocycles. The minimum absolute atomic E-state index is 0.0650.